The maximum absolute atomic E-state index is 13.2. The largest absolute Gasteiger partial charge is 0.330 e. The average molecular weight is 373 g/mol. The van der Waals surface area contributed by atoms with Crippen LogP contribution in [0.3, 0.4) is 0 Å². The summed E-state index contributed by atoms with van der Waals surface area (Å²) >= 11 is 3.18. The second kappa shape index (κ2) is 6.55. The molecule has 0 aliphatic rings. The topological polar surface area (TPSA) is 72.2 Å². The maximum Gasteiger partial charge on any atom is 0.261 e. The van der Waals surface area contributed by atoms with E-state index in [2.05, 4.69) is 20.7 Å². The predicted molar refractivity (Wildman–Crippen MR) is 84.1 cm³/mol. The lowest BCUT2D eigenvalue weighted by molar-refractivity contribution is 0.601. The van der Waals surface area contributed by atoms with Gasteiger partial charge in [-0.15, -0.1) is 0 Å². The van der Waals surface area contributed by atoms with Gasteiger partial charge < -0.3 is 5.73 Å². The third-order valence-electron chi connectivity index (χ3n) is 2.84. The summed E-state index contributed by atoms with van der Waals surface area (Å²) in [4.78, 5) is 0.111. The van der Waals surface area contributed by atoms with Gasteiger partial charge in [0.25, 0.3) is 10.0 Å². The van der Waals surface area contributed by atoms with E-state index in [1.165, 1.54) is 24.3 Å². The molecule has 2 rings (SSSR count). The third-order valence-corrected chi connectivity index (χ3v) is 4.91. The summed E-state index contributed by atoms with van der Waals surface area (Å²) in [6, 6.07) is 10.2. The lowest BCUT2D eigenvalue weighted by Crippen LogP contribution is -2.13. The Morgan fingerprint density at radius 3 is 2.43 bits per heavy atom. The average Bonchev–Trinajstić information content (AvgIpc) is 2.44. The van der Waals surface area contributed by atoms with Crippen molar-refractivity contribution in [1.29, 1.82) is 0 Å². The molecular weight excluding hydrogens is 359 g/mol. The summed E-state index contributed by atoms with van der Waals surface area (Å²) in [7, 11) is -3.76. The van der Waals surface area contributed by atoms with Crippen molar-refractivity contribution in [1.82, 2.24) is 0 Å². The molecule has 0 amide bonds. The summed E-state index contributed by atoms with van der Waals surface area (Å²) in [5, 5.41) is 0. The van der Waals surface area contributed by atoms with E-state index in [0.717, 1.165) is 11.6 Å². The number of nitrogens with two attached hydrogens (primary N) is 1. The van der Waals surface area contributed by atoms with Gasteiger partial charge in [0, 0.05) is 4.47 Å². The van der Waals surface area contributed by atoms with Crippen LogP contribution in [0.5, 0.6) is 0 Å². The zero-order valence-electron chi connectivity index (χ0n) is 11.0. The molecule has 0 atom stereocenters. The lowest BCUT2D eigenvalue weighted by atomic mass is 10.2. The van der Waals surface area contributed by atoms with Crippen LogP contribution in [0.2, 0.25) is 0 Å². The molecular formula is C14H14BrFN2O2S. The number of hydrogen-bond donors (Lipinski definition) is 2. The summed E-state index contributed by atoms with van der Waals surface area (Å²) in [5.74, 6) is -0.519. The van der Waals surface area contributed by atoms with Crippen molar-refractivity contribution in [3.8, 4) is 0 Å². The molecule has 0 aliphatic carbocycles. The molecule has 3 N–H and O–H groups in total. The van der Waals surface area contributed by atoms with Gasteiger partial charge in [-0.25, -0.2) is 12.8 Å². The van der Waals surface area contributed by atoms with Gasteiger partial charge in [-0.2, -0.15) is 0 Å². The molecule has 0 saturated carbocycles. The molecule has 0 spiro atoms. The highest BCUT2D eigenvalue weighted by Crippen LogP contribution is 2.26. The van der Waals surface area contributed by atoms with Gasteiger partial charge in [-0.05, 0) is 64.8 Å². The van der Waals surface area contributed by atoms with Gasteiger partial charge in [-0.3, -0.25) is 4.72 Å². The van der Waals surface area contributed by atoms with Crippen molar-refractivity contribution in [2.24, 2.45) is 5.73 Å². The minimum Gasteiger partial charge on any atom is -0.330 e. The molecule has 0 aromatic heterocycles. The summed E-state index contributed by atoms with van der Waals surface area (Å²) in [5.41, 5.74) is 6.56. The van der Waals surface area contributed by atoms with Crippen LogP contribution in [0.15, 0.2) is 51.8 Å². The number of hydrogen-bond acceptors (Lipinski definition) is 3. The van der Waals surface area contributed by atoms with E-state index in [4.69, 9.17) is 5.73 Å². The van der Waals surface area contributed by atoms with E-state index in [-0.39, 0.29) is 10.6 Å². The van der Waals surface area contributed by atoms with Gasteiger partial charge >= 0.3 is 0 Å². The molecule has 0 radical (unpaired) electrons. The molecule has 0 aliphatic heterocycles. The summed E-state index contributed by atoms with van der Waals surface area (Å²) in [6.45, 7) is 0.501. The smallest absolute Gasteiger partial charge is 0.261 e. The Bertz CT molecular complexity index is 733. The van der Waals surface area contributed by atoms with Crippen LogP contribution in [-0.4, -0.2) is 15.0 Å². The van der Waals surface area contributed by atoms with Gasteiger partial charge in [0.15, 0.2) is 0 Å². The molecule has 4 nitrogen and oxygen atoms in total. The number of anilines is 1. The minimum absolute atomic E-state index is 0.111. The molecule has 0 unspecified atom stereocenters. The Hall–Kier alpha value is -1.44. The molecule has 7 heteroatoms. The Balaban J connectivity index is 2.27. The van der Waals surface area contributed by atoms with Crippen LogP contribution in [0.25, 0.3) is 0 Å². The first-order valence-corrected chi connectivity index (χ1v) is 8.47. The molecule has 112 valence electrons. The van der Waals surface area contributed by atoms with E-state index in [1.54, 1.807) is 12.1 Å². The van der Waals surface area contributed by atoms with Crippen molar-refractivity contribution in [2.75, 3.05) is 11.3 Å². The number of nitrogens with one attached hydrogen (secondary N) is 1. The van der Waals surface area contributed by atoms with Gasteiger partial charge in [-0.1, -0.05) is 12.1 Å². The SMILES string of the molecule is NCCc1ccc(S(=O)(=O)Nc2cc(F)ccc2Br)cc1. The van der Waals surface area contributed by atoms with Crippen LogP contribution in [-0.2, 0) is 16.4 Å². The highest BCUT2D eigenvalue weighted by molar-refractivity contribution is 9.10. The van der Waals surface area contributed by atoms with E-state index >= 15 is 0 Å². The fraction of sp³-hybridized carbons (Fsp3) is 0.143. The third kappa shape index (κ3) is 4.03. The normalized spacial score (nSPS) is 11.4. The molecule has 0 bridgehead atoms. The standard InChI is InChI=1S/C14H14BrFN2O2S/c15-13-6-3-11(16)9-14(13)18-21(19,20)12-4-1-10(2-5-12)7-8-17/h1-6,9,18H,7-8,17H2. The Morgan fingerprint density at radius 2 is 1.81 bits per heavy atom. The zero-order chi connectivity index (χ0) is 15.5. The molecule has 21 heavy (non-hydrogen) atoms. The Labute approximate surface area is 131 Å². The fourth-order valence-corrected chi connectivity index (χ4v) is 3.33. The Morgan fingerprint density at radius 1 is 1.14 bits per heavy atom. The predicted octanol–water partition coefficient (Wildman–Crippen LogP) is 2.89. The number of halogens is 2. The van der Waals surface area contributed by atoms with Gasteiger partial charge in [0.1, 0.15) is 5.82 Å². The van der Waals surface area contributed by atoms with Crippen molar-refractivity contribution in [3.63, 3.8) is 0 Å². The van der Waals surface area contributed by atoms with Crippen LogP contribution >= 0.6 is 15.9 Å². The first kappa shape index (κ1) is 15.9. The summed E-state index contributed by atoms with van der Waals surface area (Å²) < 4.78 is 40.5. The quantitative estimate of drug-likeness (QED) is 0.847. The summed E-state index contributed by atoms with van der Waals surface area (Å²) in [6.07, 6.45) is 0.684. The molecule has 0 saturated heterocycles. The van der Waals surface area contributed by atoms with Gasteiger partial charge in [0.2, 0.25) is 0 Å². The first-order chi connectivity index (χ1) is 9.92. The lowest BCUT2D eigenvalue weighted by Gasteiger charge is -2.10. The highest BCUT2D eigenvalue weighted by atomic mass is 79.9. The van der Waals surface area contributed by atoms with Gasteiger partial charge in [0.05, 0.1) is 10.6 Å². The van der Waals surface area contributed by atoms with E-state index in [1.807, 2.05) is 0 Å². The molecule has 2 aromatic carbocycles. The van der Waals surface area contributed by atoms with Crippen LogP contribution in [0.1, 0.15) is 5.56 Å². The fourth-order valence-electron chi connectivity index (χ4n) is 1.78. The second-order valence-corrected chi connectivity index (χ2v) is 6.95. The number of benzene rings is 2. The van der Waals surface area contributed by atoms with Crippen LogP contribution in [0, 0.1) is 5.82 Å². The van der Waals surface area contributed by atoms with Crippen molar-refractivity contribution < 1.29 is 12.8 Å². The monoisotopic (exact) mass is 372 g/mol. The van der Waals surface area contributed by atoms with Crippen LogP contribution in [0.4, 0.5) is 10.1 Å². The molecule has 2 aromatic rings. The first-order valence-electron chi connectivity index (χ1n) is 6.19. The second-order valence-electron chi connectivity index (χ2n) is 4.41. The van der Waals surface area contributed by atoms with E-state index < -0.39 is 15.8 Å². The van der Waals surface area contributed by atoms with Crippen LogP contribution < -0.4 is 10.5 Å². The maximum atomic E-state index is 13.2. The molecule has 0 heterocycles. The zero-order valence-corrected chi connectivity index (χ0v) is 13.4. The van der Waals surface area contributed by atoms with Crippen molar-refractivity contribution in [3.05, 3.63) is 58.3 Å². The van der Waals surface area contributed by atoms with Crippen molar-refractivity contribution in [2.45, 2.75) is 11.3 Å². The molecule has 0 fully saturated rings. The Kier molecular flexibility index (Phi) is 4.97. The van der Waals surface area contributed by atoms with Crippen molar-refractivity contribution >= 4 is 31.6 Å². The van der Waals surface area contributed by atoms with E-state index in [9.17, 15) is 12.8 Å². The highest BCUT2D eigenvalue weighted by Gasteiger charge is 2.16. The number of rotatable bonds is 5. The number of sulfonamides is 1. The van der Waals surface area contributed by atoms with E-state index in [0.29, 0.717) is 17.4 Å². The minimum atomic E-state index is -3.76.